The summed E-state index contributed by atoms with van der Waals surface area (Å²) >= 11 is 0. The van der Waals surface area contributed by atoms with Crippen LogP contribution in [0.15, 0.2) is 36.7 Å². The molecule has 0 spiro atoms. The van der Waals surface area contributed by atoms with Crippen molar-refractivity contribution in [3.8, 4) is 11.4 Å². The van der Waals surface area contributed by atoms with E-state index in [9.17, 15) is 9.59 Å². The Kier molecular flexibility index (Phi) is 8.77. The van der Waals surface area contributed by atoms with E-state index in [-0.39, 0.29) is 35.7 Å². The minimum atomic E-state index is -0.970. The second kappa shape index (κ2) is 12.7. The van der Waals surface area contributed by atoms with E-state index in [1.807, 2.05) is 0 Å². The van der Waals surface area contributed by atoms with Gasteiger partial charge in [-0.3, -0.25) is 9.97 Å². The van der Waals surface area contributed by atoms with Gasteiger partial charge in [0, 0.05) is 12.4 Å². The molecule has 52 heavy (non-hydrogen) atoms. The Morgan fingerprint density at radius 1 is 0.577 bits per heavy atom. The molecule has 0 aromatic carbocycles. The van der Waals surface area contributed by atoms with Crippen LogP contribution in [-0.2, 0) is 56.8 Å². The van der Waals surface area contributed by atoms with E-state index in [0.717, 1.165) is 0 Å². The van der Waals surface area contributed by atoms with Gasteiger partial charge >= 0.3 is 11.9 Å². The Bertz CT molecular complexity index is 1590. The molecular formula is C36H44N2O14. The Morgan fingerprint density at radius 3 is 1.35 bits per heavy atom. The minimum Gasteiger partial charge on any atom is -0.453 e. The number of esters is 2. The predicted molar refractivity (Wildman–Crippen MR) is 173 cm³/mol. The summed E-state index contributed by atoms with van der Waals surface area (Å²) in [5.74, 6) is -5.13. The number of hydrogen-bond donors (Lipinski definition) is 0. The molecule has 6 fully saturated rings. The zero-order valence-electron chi connectivity index (χ0n) is 30.3. The van der Waals surface area contributed by atoms with Gasteiger partial charge in [0.05, 0.1) is 24.3 Å². The summed E-state index contributed by atoms with van der Waals surface area (Å²) in [6, 6.07) is 6.26. The van der Waals surface area contributed by atoms with Gasteiger partial charge < -0.3 is 56.8 Å². The van der Waals surface area contributed by atoms with Crippen molar-refractivity contribution in [2.24, 2.45) is 0 Å². The molecule has 282 valence electrons. The highest BCUT2D eigenvalue weighted by molar-refractivity contribution is 6.01. The van der Waals surface area contributed by atoms with Crippen LogP contribution in [0.2, 0.25) is 0 Å². The Morgan fingerprint density at radius 2 is 0.981 bits per heavy atom. The number of fused-ring (bicyclic) bond motifs is 2. The van der Waals surface area contributed by atoms with E-state index >= 15 is 0 Å². The molecule has 0 unspecified atom stereocenters. The number of carbonyl (C=O) groups is 2. The summed E-state index contributed by atoms with van der Waals surface area (Å²) in [5.41, 5.74) is 0.306. The van der Waals surface area contributed by atoms with Crippen LogP contribution in [0.3, 0.4) is 0 Å². The van der Waals surface area contributed by atoms with Gasteiger partial charge in [0.25, 0.3) is 0 Å². The maximum atomic E-state index is 14.1. The van der Waals surface area contributed by atoms with Crippen molar-refractivity contribution in [1.29, 1.82) is 0 Å². The molecule has 0 amide bonds. The van der Waals surface area contributed by atoms with Crippen LogP contribution in [0.4, 0.5) is 0 Å². The van der Waals surface area contributed by atoms with Crippen molar-refractivity contribution in [3.05, 3.63) is 47.8 Å². The lowest BCUT2D eigenvalue weighted by Gasteiger charge is -2.29. The third-order valence-corrected chi connectivity index (χ3v) is 9.61. The maximum Gasteiger partial charge on any atom is 0.340 e. The molecule has 10 atom stereocenters. The number of pyridine rings is 2. The Labute approximate surface area is 300 Å². The lowest BCUT2D eigenvalue weighted by Crippen LogP contribution is -2.45. The summed E-state index contributed by atoms with van der Waals surface area (Å²) in [5, 5.41) is 0. The SMILES string of the molecule is CC1(C)O[C@H]2O[C@H]([C@H]3COC(C)(C)O3)[C@H](OC(=O)c3cccnc3-c3ncccc3C(=O)O[C@@H]3[C@H]4OC(C)(C)O[C@H]4O[C@@H]3[C@H]3COC(C)(C)O3)[C@H]2O1. The second-order valence-corrected chi connectivity index (χ2v) is 15.4. The molecule has 6 aliphatic heterocycles. The summed E-state index contributed by atoms with van der Waals surface area (Å²) in [4.78, 5) is 37.2. The van der Waals surface area contributed by atoms with Crippen LogP contribution in [0.5, 0.6) is 0 Å². The third kappa shape index (κ3) is 6.74. The number of carbonyl (C=O) groups excluding carboxylic acids is 2. The zero-order chi connectivity index (χ0) is 36.8. The summed E-state index contributed by atoms with van der Waals surface area (Å²) < 4.78 is 72.7. The normalized spacial score (nSPS) is 37.8. The van der Waals surface area contributed by atoms with Gasteiger partial charge in [-0.15, -0.1) is 0 Å². The molecule has 16 heteroatoms. The van der Waals surface area contributed by atoms with Gasteiger partial charge in [-0.05, 0) is 79.7 Å². The van der Waals surface area contributed by atoms with Crippen molar-refractivity contribution in [1.82, 2.24) is 9.97 Å². The molecule has 16 nitrogen and oxygen atoms in total. The molecule has 0 N–H and O–H groups in total. The molecule has 0 bridgehead atoms. The monoisotopic (exact) mass is 728 g/mol. The van der Waals surface area contributed by atoms with Crippen LogP contribution in [0.1, 0.15) is 76.1 Å². The first-order valence-corrected chi connectivity index (χ1v) is 17.5. The van der Waals surface area contributed by atoms with Gasteiger partial charge in [0.1, 0.15) is 35.8 Å². The topological polar surface area (TPSA) is 171 Å². The van der Waals surface area contributed by atoms with E-state index in [2.05, 4.69) is 9.97 Å². The smallest absolute Gasteiger partial charge is 0.340 e. The average Bonchev–Trinajstić information content (AvgIpc) is 3.89. The Hall–Kier alpha value is -3.16. The third-order valence-electron chi connectivity index (χ3n) is 9.61. The molecule has 0 saturated carbocycles. The van der Waals surface area contributed by atoms with Crippen LogP contribution in [0, 0.1) is 0 Å². The van der Waals surface area contributed by atoms with Crippen molar-refractivity contribution in [2.45, 2.75) is 140 Å². The van der Waals surface area contributed by atoms with E-state index in [1.54, 1.807) is 79.7 Å². The highest BCUT2D eigenvalue weighted by Crippen LogP contribution is 2.44. The second-order valence-electron chi connectivity index (χ2n) is 15.4. The van der Waals surface area contributed by atoms with Gasteiger partial charge in [-0.25, -0.2) is 9.59 Å². The number of ether oxygens (including phenoxy) is 12. The Balaban J connectivity index is 1.06. The summed E-state index contributed by atoms with van der Waals surface area (Å²) in [6.45, 7) is 14.6. The summed E-state index contributed by atoms with van der Waals surface area (Å²) in [6.07, 6.45) is -4.59. The van der Waals surface area contributed by atoms with E-state index in [0.29, 0.717) is 0 Å². The van der Waals surface area contributed by atoms with E-state index in [1.165, 1.54) is 12.4 Å². The van der Waals surface area contributed by atoms with Gasteiger partial charge in [-0.2, -0.15) is 0 Å². The van der Waals surface area contributed by atoms with Crippen LogP contribution in [-0.4, -0.2) is 120 Å². The fourth-order valence-electron chi connectivity index (χ4n) is 7.52. The summed E-state index contributed by atoms with van der Waals surface area (Å²) in [7, 11) is 0. The number of hydrogen-bond acceptors (Lipinski definition) is 16. The molecule has 2 aromatic heterocycles. The molecule has 8 heterocycles. The molecule has 0 radical (unpaired) electrons. The lowest BCUT2D eigenvalue weighted by molar-refractivity contribution is -0.232. The van der Waals surface area contributed by atoms with Gasteiger partial charge in [-0.1, -0.05) is 0 Å². The van der Waals surface area contributed by atoms with Crippen LogP contribution in [0.25, 0.3) is 11.4 Å². The van der Waals surface area contributed by atoms with Crippen LogP contribution >= 0.6 is 0 Å². The predicted octanol–water partition coefficient (Wildman–Crippen LogP) is 3.25. The molecule has 6 aliphatic rings. The fourth-order valence-corrected chi connectivity index (χ4v) is 7.52. The van der Waals surface area contributed by atoms with E-state index in [4.69, 9.17) is 56.8 Å². The lowest BCUT2D eigenvalue weighted by atomic mass is 10.0. The molecule has 8 rings (SSSR count). The number of rotatable bonds is 7. The highest BCUT2D eigenvalue weighted by Gasteiger charge is 2.61. The highest BCUT2D eigenvalue weighted by atomic mass is 16.9. The first-order chi connectivity index (χ1) is 24.5. The van der Waals surface area contributed by atoms with Crippen molar-refractivity contribution < 1.29 is 66.4 Å². The zero-order valence-corrected chi connectivity index (χ0v) is 30.3. The molecule has 6 saturated heterocycles. The van der Waals surface area contributed by atoms with Gasteiger partial charge in [0.15, 0.2) is 60.1 Å². The number of nitrogens with zero attached hydrogens (tertiary/aromatic N) is 2. The maximum absolute atomic E-state index is 14.1. The minimum absolute atomic E-state index is 0.0506. The van der Waals surface area contributed by atoms with Crippen molar-refractivity contribution >= 4 is 11.9 Å². The first kappa shape index (κ1) is 35.8. The van der Waals surface area contributed by atoms with Crippen molar-refractivity contribution in [2.75, 3.05) is 13.2 Å². The van der Waals surface area contributed by atoms with E-state index < -0.39 is 96.5 Å². The quantitative estimate of drug-likeness (QED) is 0.380. The number of aromatic nitrogens is 2. The molecular weight excluding hydrogens is 684 g/mol. The molecule has 0 aliphatic carbocycles. The molecule has 2 aromatic rings. The first-order valence-electron chi connectivity index (χ1n) is 17.5. The largest absolute Gasteiger partial charge is 0.453 e. The average molecular weight is 729 g/mol. The standard InChI is InChI=1S/C36H44N2O14/c1-33(2)41-15-19(47-33)23-25(27-31(45-23)51-35(5,6)49-27)43-29(39)17-11-9-13-37-21(17)22-18(12-10-14-38-22)30(40)44-26-24(20-16-42-34(3,4)48-20)46-32-28(26)50-36(7,8)52-32/h9-14,19-20,23-28,31-32H,15-16H2,1-8H3/t19-,20-,23-,24-,25+,26+,27-,28-,31-,32-/m1/s1. The van der Waals surface area contributed by atoms with Gasteiger partial charge in [0.2, 0.25) is 0 Å². The van der Waals surface area contributed by atoms with Crippen molar-refractivity contribution in [3.63, 3.8) is 0 Å². The van der Waals surface area contributed by atoms with Crippen LogP contribution < -0.4 is 0 Å². The fraction of sp³-hybridized carbons (Fsp3) is 0.667.